The van der Waals surface area contributed by atoms with Crippen LogP contribution in [-0.4, -0.2) is 12.9 Å². The molecule has 0 fully saturated rings. The third kappa shape index (κ3) is 2.63. The lowest BCUT2D eigenvalue weighted by Gasteiger charge is -2.14. The summed E-state index contributed by atoms with van der Waals surface area (Å²) in [5, 5.41) is 0. The predicted octanol–water partition coefficient (Wildman–Crippen LogP) is 3.40. The summed E-state index contributed by atoms with van der Waals surface area (Å²) in [7, 11) is 1.47. The molecule has 0 saturated heterocycles. The van der Waals surface area contributed by atoms with E-state index in [0.29, 0.717) is 11.1 Å². The first-order valence-corrected chi connectivity index (χ1v) is 5.60. The maximum absolute atomic E-state index is 12.9. The Bertz CT molecular complexity index is 520. The fourth-order valence-electron chi connectivity index (χ4n) is 1.79. The van der Waals surface area contributed by atoms with Crippen molar-refractivity contribution in [1.82, 2.24) is 0 Å². The van der Waals surface area contributed by atoms with E-state index in [4.69, 9.17) is 4.74 Å². The number of benzene rings is 2. The molecule has 0 radical (unpaired) electrons. The van der Waals surface area contributed by atoms with Gasteiger partial charge >= 0.3 is 0 Å². The van der Waals surface area contributed by atoms with E-state index in [0.717, 1.165) is 0 Å². The summed E-state index contributed by atoms with van der Waals surface area (Å²) in [6, 6.07) is 14.7. The van der Waals surface area contributed by atoms with Gasteiger partial charge in [-0.3, -0.25) is 4.79 Å². The van der Waals surface area contributed by atoms with Crippen molar-refractivity contribution in [3.8, 4) is 0 Å². The zero-order valence-electron chi connectivity index (χ0n) is 9.97. The van der Waals surface area contributed by atoms with Crippen LogP contribution in [0.3, 0.4) is 0 Å². The van der Waals surface area contributed by atoms with Crippen LogP contribution in [0.1, 0.15) is 22.0 Å². The van der Waals surface area contributed by atoms with Crippen molar-refractivity contribution in [2.24, 2.45) is 0 Å². The second-order valence-electron chi connectivity index (χ2n) is 3.90. The zero-order valence-corrected chi connectivity index (χ0v) is 9.97. The van der Waals surface area contributed by atoms with Crippen LogP contribution < -0.4 is 0 Å². The smallest absolute Gasteiger partial charge is 0.196 e. The molecule has 2 aromatic rings. The minimum absolute atomic E-state index is 0.135. The van der Waals surface area contributed by atoms with E-state index in [1.165, 1.54) is 19.2 Å². The molecule has 0 saturated carbocycles. The molecular formula is C15H13FO2. The molecule has 92 valence electrons. The Morgan fingerprint density at radius 2 is 1.67 bits per heavy atom. The molecule has 1 atom stereocenters. The van der Waals surface area contributed by atoms with Crippen LogP contribution in [0.4, 0.5) is 4.39 Å². The fraction of sp³-hybridized carbons (Fsp3) is 0.133. The van der Waals surface area contributed by atoms with E-state index in [2.05, 4.69) is 0 Å². The van der Waals surface area contributed by atoms with Gasteiger partial charge in [0.25, 0.3) is 0 Å². The molecule has 1 unspecified atom stereocenters. The molecule has 0 aliphatic heterocycles. The molecule has 0 heterocycles. The maximum atomic E-state index is 12.9. The number of halogens is 1. The molecule has 0 aliphatic rings. The summed E-state index contributed by atoms with van der Waals surface area (Å²) < 4.78 is 18.1. The van der Waals surface area contributed by atoms with Crippen molar-refractivity contribution in [1.29, 1.82) is 0 Å². The number of hydrogen-bond donors (Lipinski definition) is 0. The number of Topliss-reactive ketones (excluding diaryl/α,β-unsaturated/α-hetero) is 1. The van der Waals surface area contributed by atoms with E-state index in [9.17, 15) is 9.18 Å². The molecule has 0 amide bonds. The first-order chi connectivity index (χ1) is 8.72. The van der Waals surface area contributed by atoms with Crippen molar-refractivity contribution in [3.05, 3.63) is 71.5 Å². The van der Waals surface area contributed by atoms with Gasteiger partial charge in [-0.2, -0.15) is 0 Å². The van der Waals surface area contributed by atoms with Gasteiger partial charge in [0.2, 0.25) is 0 Å². The van der Waals surface area contributed by atoms with Gasteiger partial charge in [-0.1, -0.05) is 42.5 Å². The Morgan fingerprint density at radius 1 is 1.06 bits per heavy atom. The number of carbonyl (C=O) groups is 1. The van der Waals surface area contributed by atoms with Gasteiger partial charge < -0.3 is 4.74 Å². The molecule has 2 nitrogen and oxygen atoms in total. The van der Waals surface area contributed by atoms with Crippen molar-refractivity contribution in [2.75, 3.05) is 7.11 Å². The van der Waals surface area contributed by atoms with Gasteiger partial charge in [-0.25, -0.2) is 4.39 Å². The minimum atomic E-state index is -0.701. The lowest BCUT2D eigenvalue weighted by molar-refractivity contribution is 0.0604. The second kappa shape index (κ2) is 5.56. The van der Waals surface area contributed by atoms with Crippen molar-refractivity contribution in [2.45, 2.75) is 6.10 Å². The minimum Gasteiger partial charge on any atom is -0.369 e. The molecule has 0 N–H and O–H groups in total. The summed E-state index contributed by atoms with van der Waals surface area (Å²) in [6.45, 7) is 0. The number of carbonyl (C=O) groups excluding carboxylic acids is 1. The van der Waals surface area contributed by atoms with Crippen molar-refractivity contribution in [3.63, 3.8) is 0 Å². The molecule has 3 heteroatoms. The Hall–Kier alpha value is -2.00. The van der Waals surface area contributed by atoms with Crippen LogP contribution in [-0.2, 0) is 4.74 Å². The molecule has 18 heavy (non-hydrogen) atoms. The van der Waals surface area contributed by atoms with Gasteiger partial charge in [0.1, 0.15) is 11.9 Å². The van der Waals surface area contributed by atoms with Crippen molar-refractivity contribution < 1.29 is 13.9 Å². The molecular weight excluding hydrogens is 231 g/mol. The number of methoxy groups -OCH3 is 1. The van der Waals surface area contributed by atoms with E-state index < -0.39 is 6.10 Å². The van der Waals surface area contributed by atoms with E-state index in [1.807, 2.05) is 6.07 Å². The number of rotatable bonds is 4. The summed E-state index contributed by atoms with van der Waals surface area (Å²) in [4.78, 5) is 12.2. The van der Waals surface area contributed by atoms with Crippen LogP contribution in [0.25, 0.3) is 0 Å². The second-order valence-corrected chi connectivity index (χ2v) is 3.90. The standard InChI is InChI=1S/C15H13FO2/c1-18-15(12-7-9-13(16)10-8-12)14(17)11-5-3-2-4-6-11/h2-10,15H,1H3. The predicted molar refractivity (Wildman–Crippen MR) is 66.9 cm³/mol. The van der Waals surface area contributed by atoms with Crippen LogP contribution in [0.5, 0.6) is 0 Å². The lowest BCUT2D eigenvalue weighted by Crippen LogP contribution is -2.14. The Kier molecular flexibility index (Phi) is 3.85. The largest absolute Gasteiger partial charge is 0.369 e. The Labute approximate surface area is 105 Å². The van der Waals surface area contributed by atoms with Crippen LogP contribution in [0, 0.1) is 5.82 Å². The Balaban J connectivity index is 2.29. The average Bonchev–Trinajstić information content (AvgIpc) is 2.42. The highest BCUT2D eigenvalue weighted by Crippen LogP contribution is 2.21. The van der Waals surface area contributed by atoms with Gasteiger partial charge in [-0.15, -0.1) is 0 Å². The van der Waals surface area contributed by atoms with E-state index in [-0.39, 0.29) is 11.6 Å². The molecule has 0 aromatic heterocycles. The first-order valence-electron chi connectivity index (χ1n) is 5.60. The fourth-order valence-corrected chi connectivity index (χ4v) is 1.79. The third-order valence-electron chi connectivity index (χ3n) is 2.70. The molecule has 0 bridgehead atoms. The highest BCUT2D eigenvalue weighted by Gasteiger charge is 2.21. The first kappa shape index (κ1) is 12.5. The van der Waals surface area contributed by atoms with Crippen LogP contribution in [0.15, 0.2) is 54.6 Å². The van der Waals surface area contributed by atoms with Crippen LogP contribution >= 0.6 is 0 Å². The summed E-state index contributed by atoms with van der Waals surface area (Å²) in [5.41, 5.74) is 1.22. The monoisotopic (exact) mass is 244 g/mol. The van der Waals surface area contributed by atoms with Gasteiger partial charge in [-0.05, 0) is 17.7 Å². The molecule has 2 aromatic carbocycles. The highest BCUT2D eigenvalue weighted by atomic mass is 19.1. The van der Waals surface area contributed by atoms with Gasteiger partial charge in [0, 0.05) is 12.7 Å². The maximum Gasteiger partial charge on any atom is 0.196 e. The van der Waals surface area contributed by atoms with Crippen molar-refractivity contribution >= 4 is 5.78 Å². The number of hydrogen-bond acceptors (Lipinski definition) is 2. The third-order valence-corrected chi connectivity index (χ3v) is 2.70. The number of ether oxygens (including phenoxy) is 1. The summed E-state index contributed by atoms with van der Waals surface area (Å²) in [6.07, 6.45) is -0.701. The molecule has 2 rings (SSSR count). The lowest BCUT2D eigenvalue weighted by atomic mass is 10.00. The summed E-state index contributed by atoms with van der Waals surface area (Å²) >= 11 is 0. The van der Waals surface area contributed by atoms with Crippen LogP contribution in [0.2, 0.25) is 0 Å². The van der Waals surface area contributed by atoms with E-state index in [1.54, 1.807) is 36.4 Å². The molecule has 0 spiro atoms. The highest BCUT2D eigenvalue weighted by molar-refractivity contribution is 6.00. The van der Waals surface area contributed by atoms with E-state index >= 15 is 0 Å². The normalized spacial score (nSPS) is 12.1. The zero-order chi connectivity index (χ0) is 13.0. The summed E-state index contributed by atoms with van der Waals surface area (Å²) in [5.74, 6) is -0.467. The average molecular weight is 244 g/mol. The Morgan fingerprint density at radius 3 is 2.22 bits per heavy atom. The number of ketones is 1. The van der Waals surface area contributed by atoms with Gasteiger partial charge in [0.05, 0.1) is 0 Å². The van der Waals surface area contributed by atoms with Gasteiger partial charge in [0.15, 0.2) is 5.78 Å². The topological polar surface area (TPSA) is 26.3 Å². The molecule has 0 aliphatic carbocycles. The quantitative estimate of drug-likeness (QED) is 0.770. The SMILES string of the molecule is COC(C(=O)c1ccccc1)c1ccc(F)cc1.